The maximum Gasteiger partial charge on any atom is 2.00 e. The number of rotatable bonds is 1. The second-order valence-corrected chi connectivity index (χ2v) is 5.42. The van der Waals surface area contributed by atoms with Crippen LogP contribution in [0.2, 0.25) is 0 Å². The molecule has 0 radical (unpaired) electrons. The number of benzene rings is 1. The number of hydrogen-bond donors (Lipinski definition) is 0. The fraction of sp³-hybridized carbons (Fsp3) is 0.600. The third kappa shape index (κ3) is 65.0. The van der Waals surface area contributed by atoms with E-state index in [0.717, 1.165) is 12.8 Å². The molecule has 0 bridgehead atoms. The number of unbranched alkanes of at least 4 members (excludes halogenated alkanes) is 1. The van der Waals surface area contributed by atoms with Crippen LogP contribution in [0.15, 0.2) is 36.4 Å². The summed E-state index contributed by atoms with van der Waals surface area (Å²) in [5, 5.41) is 0. The van der Waals surface area contributed by atoms with Crippen LogP contribution in [0.4, 0.5) is 0 Å². The van der Waals surface area contributed by atoms with Crippen molar-refractivity contribution < 1.29 is 21.1 Å². The molecule has 1 aromatic carbocycles. The van der Waals surface area contributed by atoms with E-state index in [2.05, 4.69) is 48.5 Å². The van der Waals surface area contributed by atoms with Crippen LogP contribution in [0.1, 0.15) is 74.7 Å². The summed E-state index contributed by atoms with van der Waals surface area (Å²) >= 11 is 0. The van der Waals surface area contributed by atoms with Crippen molar-refractivity contribution in [3.63, 3.8) is 0 Å². The van der Waals surface area contributed by atoms with Gasteiger partial charge in [0.2, 0.25) is 0 Å². The summed E-state index contributed by atoms with van der Waals surface area (Å²) in [5.74, 6) is 0. The fourth-order valence-corrected chi connectivity index (χ4v) is 0.385. The van der Waals surface area contributed by atoms with Crippen LogP contribution < -0.4 is 0 Å². The molecular weight excluding hydrogens is 424 g/mol. The zero-order valence-electron chi connectivity index (χ0n) is 14.6. The van der Waals surface area contributed by atoms with Gasteiger partial charge in [-0.05, 0) is 5.41 Å². The number of hydrogen-bond acceptors (Lipinski definition) is 0. The van der Waals surface area contributed by atoms with Crippen molar-refractivity contribution in [2.45, 2.75) is 74.7 Å². The Bertz CT molecular complexity index is 182. The average Bonchev–Trinajstić information content (AvgIpc) is 2.42. The molecule has 1 rings (SSSR count). The molecule has 0 nitrogen and oxygen atoms in total. The topological polar surface area (TPSA) is 0 Å². The van der Waals surface area contributed by atoms with Crippen molar-refractivity contribution in [1.29, 1.82) is 0 Å². The van der Waals surface area contributed by atoms with Gasteiger partial charge in [-0.3, -0.25) is 0 Å². The first kappa shape index (κ1) is 32.7. The van der Waals surface area contributed by atoms with Gasteiger partial charge in [0.1, 0.15) is 0 Å². The van der Waals surface area contributed by atoms with E-state index in [-0.39, 0.29) is 28.5 Å². The van der Waals surface area contributed by atoms with Crippen LogP contribution in [-0.2, 0) is 21.1 Å². The van der Waals surface area contributed by atoms with Crippen LogP contribution in [0, 0.1) is 19.3 Å². The quantitative estimate of drug-likeness (QED) is 0.375. The van der Waals surface area contributed by atoms with Crippen LogP contribution in [-0.4, -0.2) is 0 Å². The summed E-state index contributed by atoms with van der Waals surface area (Å²) in [6.07, 6.45) is 4.55. The summed E-state index contributed by atoms with van der Waals surface area (Å²) in [6, 6.07) is 12.0. The van der Waals surface area contributed by atoms with Crippen LogP contribution in [0.25, 0.3) is 0 Å². The van der Waals surface area contributed by atoms with E-state index in [4.69, 9.17) is 0 Å². The minimum absolute atomic E-state index is 0. The van der Waals surface area contributed by atoms with E-state index in [0.29, 0.717) is 5.41 Å². The molecule has 0 heterocycles. The molecule has 0 aromatic heterocycles. The summed E-state index contributed by atoms with van der Waals surface area (Å²) < 4.78 is 0. The largest absolute Gasteiger partial charge is 2.00 e. The SMILES string of the molecule is C.CCC(C)(C)C.[CH2-]CC.[CH2-]CCC.[W+2].c1ccccc1. The molecule has 1 heteroatoms. The van der Waals surface area contributed by atoms with Gasteiger partial charge in [-0.2, -0.15) is 12.8 Å². The van der Waals surface area contributed by atoms with Gasteiger partial charge in [0.15, 0.2) is 0 Å². The molecule has 0 aliphatic carbocycles. The Hall–Kier alpha value is -0.0917. The van der Waals surface area contributed by atoms with Crippen LogP contribution in [0.3, 0.4) is 0 Å². The second-order valence-electron chi connectivity index (χ2n) is 5.42. The van der Waals surface area contributed by atoms with Crippen molar-refractivity contribution in [2.75, 3.05) is 0 Å². The van der Waals surface area contributed by atoms with Gasteiger partial charge < -0.3 is 13.8 Å². The van der Waals surface area contributed by atoms with E-state index in [1.807, 2.05) is 43.3 Å². The Morgan fingerprint density at radius 2 is 0.905 bits per heavy atom. The van der Waals surface area contributed by atoms with Crippen molar-refractivity contribution in [3.8, 4) is 0 Å². The first-order chi connectivity index (χ1) is 8.89. The molecule has 0 atom stereocenters. The molecule has 0 saturated carbocycles. The zero-order chi connectivity index (χ0) is 15.6. The Morgan fingerprint density at radius 1 is 0.762 bits per heavy atom. The van der Waals surface area contributed by atoms with E-state index in [9.17, 15) is 0 Å². The van der Waals surface area contributed by atoms with Gasteiger partial charge in [0.25, 0.3) is 0 Å². The molecular formula is C20H40W. The van der Waals surface area contributed by atoms with Crippen molar-refractivity contribution in [1.82, 2.24) is 0 Å². The van der Waals surface area contributed by atoms with Crippen molar-refractivity contribution in [2.24, 2.45) is 5.41 Å². The van der Waals surface area contributed by atoms with Crippen molar-refractivity contribution in [3.05, 3.63) is 50.2 Å². The third-order valence-electron chi connectivity index (χ3n) is 2.08. The summed E-state index contributed by atoms with van der Waals surface area (Å²) in [5.41, 5.74) is 0.542. The van der Waals surface area contributed by atoms with Gasteiger partial charge in [-0.25, -0.2) is 0 Å². The normalized spacial score (nSPS) is 8.00. The minimum Gasteiger partial charge on any atom is -0.344 e. The fourth-order valence-electron chi connectivity index (χ4n) is 0.385. The molecule has 0 fully saturated rings. The predicted octanol–water partition coefficient (Wildman–Crippen LogP) is 7.61. The predicted molar refractivity (Wildman–Crippen MR) is 98.8 cm³/mol. The van der Waals surface area contributed by atoms with E-state index in [1.54, 1.807) is 0 Å². The first-order valence-electron chi connectivity index (χ1n) is 7.47. The summed E-state index contributed by atoms with van der Waals surface area (Å²) in [4.78, 5) is 0. The maximum atomic E-state index is 3.60. The molecule has 0 amide bonds. The maximum absolute atomic E-state index is 3.60. The van der Waals surface area contributed by atoms with E-state index >= 15 is 0 Å². The standard InChI is InChI=1S/C6H6.C6H14.C4H9.C3H7.CH4.W/c1-2-4-6-5-3-1;1-5-6(2,3)4;1-3-4-2;1-3-2;;/h1-6H;5H2,1-4H3;1,3-4H2,2H3;1,3H2,2H3;1H4;/q;;2*-1;;+2. The van der Waals surface area contributed by atoms with E-state index in [1.165, 1.54) is 12.8 Å². The van der Waals surface area contributed by atoms with Gasteiger partial charge in [0, 0.05) is 0 Å². The minimum atomic E-state index is 0. The van der Waals surface area contributed by atoms with Gasteiger partial charge >= 0.3 is 21.1 Å². The van der Waals surface area contributed by atoms with Crippen LogP contribution in [0.5, 0.6) is 0 Å². The van der Waals surface area contributed by atoms with Gasteiger partial charge in [0.05, 0.1) is 0 Å². The molecule has 0 unspecified atom stereocenters. The molecule has 0 spiro atoms. The molecule has 21 heavy (non-hydrogen) atoms. The molecule has 0 aliphatic heterocycles. The molecule has 1 aromatic rings. The summed E-state index contributed by atoms with van der Waals surface area (Å²) in [6.45, 7) is 20.2. The van der Waals surface area contributed by atoms with Crippen molar-refractivity contribution >= 4 is 0 Å². The first-order valence-corrected chi connectivity index (χ1v) is 7.47. The Kier molecular flexibility index (Phi) is 43.9. The smallest absolute Gasteiger partial charge is 0.344 e. The van der Waals surface area contributed by atoms with Gasteiger partial charge in [-0.15, -0.1) is 0 Å². The summed E-state index contributed by atoms with van der Waals surface area (Å²) in [7, 11) is 0. The third-order valence-corrected chi connectivity index (χ3v) is 2.08. The molecule has 0 saturated heterocycles. The van der Waals surface area contributed by atoms with E-state index < -0.39 is 0 Å². The molecule has 0 N–H and O–H groups in total. The molecule has 0 aliphatic rings. The zero-order valence-corrected chi connectivity index (χ0v) is 17.5. The second kappa shape index (κ2) is 28.1. The molecule has 126 valence electrons. The monoisotopic (exact) mass is 464 g/mol. The Labute approximate surface area is 151 Å². The van der Waals surface area contributed by atoms with Crippen LogP contribution >= 0.6 is 0 Å². The Morgan fingerprint density at radius 3 is 0.952 bits per heavy atom. The van der Waals surface area contributed by atoms with Gasteiger partial charge in [-0.1, -0.05) is 98.2 Å². The average molecular weight is 464 g/mol. The Balaban J connectivity index is -0.0000000544.